The molecule has 1 aromatic heterocycles. The smallest absolute Gasteiger partial charge is 0.230 e. The van der Waals surface area contributed by atoms with E-state index in [0.717, 1.165) is 25.7 Å². The number of amides is 2. The lowest BCUT2D eigenvalue weighted by Gasteiger charge is -2.24. The van der Waals surface area contributed by atoms with E-state index >= 15 is 0 Å². The first kappa shape index (κ1) is 17.6. The summed E-state index contributed by atoms with van der Waals surface area (Å²) in [6, 6.07) is 5.92. The summed E-state index contributed by atoms with van der Waals surface area (Å²) in [5.41, 5.74) is 0.449. The molecule has 0 unspecified atom stereocenters. The molecule has 2 amide bonds. The largest absolute Gasteiger partial charge is 0.469 e. The minimum absolute atomic E-state index is 0.0592. The van der Waals surface area contributed by atoms with Crippen molar-refractivity contribution in [3.63, 3.8) is 0 Å². The fraction of sp³-hybridized carbons (Fsp3) is 0.500. The molecule has 1 aliphatic heterocycles. The van der Waals surface area contributed by atoms with Gasteiger partial charge in [0.05, 0.1) is 34.6 Å². The molecular weight excluding hydrogens is 338 g/mol. The molecule has 2 N–H and O–H groups in total. The maximum atomic E-state index is 12.2. The van der Waals surface area contributed by atoms with E-state index in [4.69, 9.17) is 4.42 Å². The van der Waals surface area contributed by atoms with Gasteiger partial charge < -0.3 is 15.1 Å². The van der Waals surface area contributed by atoms with Crippen molar-refractivity contribution in [1.82, 2.24) is 10.6 Å². The summed E-state index contributed by atoms with van der Waals surface area (Å²) >= 11 is 1.20. The Morgan fingerprint density at radius 2 is 2.20 bits per heavy atom. The number of furan rings is 1. The molecule has 7 heteroatoms. The van der Waals surface area contributed by atoms with Crippen molar-refractivity contribution >= 4 is 23.6 Å². The minimum atomic E-state index is -0.391. The standard InChI is InChI=1S/C18H21N3O3S/c19-10-14-13(15-7-4-8-24-15)9-16(22)21-18(14)25-11-17(23)20-12-5-2-1-3-6-12/h4,7-8,12-13H,1-3,5-6,9,11H2,(H,20,23)(H,21,22)/t13-/m0/s1. The van der Waals surface area contributed by atoms with Gasteiger partial charge in [0.2, 0.25) is 11.8 Å². The number of nitriles is 1. The molecule has 3 rings (SSSR count). The van der Waals surface area contributed by atoms with Crippen molar-refractivity contribution in [2.24, 2.45) is 0 Å². The molecule has 0 bridgehead atoms. The average molecular weight is 359 g/mol. The van der Waals surface area contributed by atoms with Crippen LogP contribution in [-0.4, -0.2) is 23.6 Å². The fourth-order valence-electron chi connectivity index (χ4n) is 3.32. The zero-order chi connectivity index (χ0) is 17.6. The summed E-state index contributed by atoms with van der Waals surface area (Å²) in [6.07, 6.45) is 7.31. The van der Waals surface area contributed by atoms with Crippen molar-refractivity contribution in [3.8, 4) is 6.07 Å². The van der Waals surface area contributed by atoms with Gasteiger partial charge in [0.15, 0.2) is 0 Å². The van der Waals surface area contributed by atoms with Crippen molar-refractivity contribution in [1.29, 1.82) is 5.26 Å². The van der Waals surface area contributed by atoms with Gasteiger partial charge in [-0.1, -0.05) is 31.0 Å². The highest BCUT2D eigenvalue weighted by Crippen LogP contribution is 2.36. The number of allylic oxidation sites excluding steroid dienone is 1. The van der Waals surface area contributed by atoms with Gasteiger partial charge in [0, 0.05) is 12.5 Å². The van der Waals surface area contributed by atoms with Crippen molar-refractivity contribution in [3.05, 3.63) is 34.8 Å². The van der Waals surface area contributed by atoms with Crippen molar-refractivity contribution in [2.45, 2.75) is 50.5 Å². The normalized spacial score (nSPS) is 21.6. The first-order chi connectivity index (χ1) is 12.2. The van der Waals surface area contributed by atoms with E-state index in [9.17, 15) is 14.9 Å². The molecule has 1 aliphatic carbocycles. The van der Waals surface area contributed by atoms with Crippen LogP contribution in [0, 0.1) is 11.3 Å². The van der Waals surface area contributed by atoms with Crippen LogP contribution in [0.3, 0.4) is 0 Å². The third-order valence-corrected chi connectivity index (χ3v) is 5.58. The Morgan fingerprint density at radius 1 is 1.40 bits per heavy atom. The minimum Gasteiger partial charge on any atom is -0.469 e. The van der Waals surface area contributed by atoms with E-state index in [1.165, 1.54) is 24.4 Å². The van der Waals surface area contributed by atoms with Crippen LogP contribution in [0.1, 0.15) is 50.2 Å². The van der Waals surface area contributed by atoms with Gasteiger partial charge in [-0.05, 0) is 25.0 Å². The predicted molar refractivity (Wildman–Crippen MR) is 94.3 cm³/mol. The van der Waals surface area contributed by atoms with Crippen LogP contribution in [0.25, 0.3) is 0 Å². The lowest BCUT2D eigenvalue weighted by Crippen LogP contribution is -2.38. The highest BCUT2D eigenvalue weighted by molar-refractivity contribution is 8.03. The van der Waals surface area contributed by atoms with Gasteiger partial charge in [0.25, 0.3) is 0 Å². The summed E-state index contributed by atoms with van der Waals surface area (Å²) in [5, 5.41) is 15.8. The molecule has 2 heterocycles. The second-order valence-electron chi connectivity index (χ2n) is 6.37. The highest BCUT2D eigenvalue weighted by atomic mass is 32.2. The SMILES string of the molecule is N#CC1=C(SCC(=O)NC2CCCCC2)NC(=O)C[C@@H]1c1ccco1. The molecule has 1 saturated carbocycles. The molecule has 0 radical (unpaired) electrons. The third-order valence-electron chi connectivity index (χ3n) is 4.56. The molecule has 6 nitrogen and oxygen atoms in total. The van der Waals surface area contributed by atoms with E-state index in [1.807, 2.05) is 0 Å². The molecule has 0 spiro atoms. The first-order valence-electron chi connectivity index (χ1n) is 8.57. The summed E-state index contributed by atoms with van der Waals surface area (Å²) in [4.78, 5) is 24.2. The van der Waals surface area contributed by atoms with E-state index in [2.05, 4.69) is 16.7 Å². The fourth-order valence-corrected chi connectivity index (χ4v) is 4.21. The van der Waals surface area contributed by atoms with Crippen LogP contribution in [0.5, 0.6) is 0 Å². The number of carbonyl (C=O) groups is 2. The Bertz CT molecular complexity index is 700. The Morgan fingerprint density at radius 3 is 2.88 bits per heavy atom. The molecule has 132 valence electrons. The second-order valence-corrected chi connectivity index (χ2v) is 7.35. The topological polar surface area (TPSA) is 95.1 Å². The number of carbonyl (C=O) groups excluding carboxylic acids is 2. The second kappa shape index (κ2) is 8.26. The van der Waals surface area contributed by atoms with Crippen LogP contribution < -0.4 is 10.6 Å². The zero-order valence-corrected chi connectivity index (χ0v) is 14.7. The van der Waals surface area contributed by atoms with Gasteiger partial charge in [-0.15, -0.1) is 0 Å². The Hall–Kier alpha value is -2.20. The quantitative estimate of drug-likeness (QED) is 0.843. The Kier molecular flexibility index (Phi) is 5.82. The van der Waals surface area contributed by atoms with Gasteiger partial charge in [-0.3, -0.25) is 9.59 Å². The van der Waals surface area contributed by atoms with Crippen LogP contribution in [0.4, 0.5) is 0 Å². The number of nitrogens with one attached hydrogen (secondary N) is 2. The van der Waals surface area contributed by atoms with Crippen LogP contribution in [0.2, 0.25) is 0 Å². The number of nitrogens with zero attached hydrogens (tertiary/aromatic N) is 1. The summed E-state index contributed by atoms with van der Waals surface area (Å²) in [5.74, 6) is 0.155. The van der Waals surface area contributed by atoms with Gasteiger partial charge in [-0.25, -0.2) is 0 Å². The van der Waals surface area contributed by atoms with Crippen molar-refractivity contribution in [2.75, 3.05) is 5.75 Å². The zero-order valence-electron chi connectivity index (χ0n) is 13.9. The van der Waals surface area contributed by atoms with E-state index < -0.39 is 5.92 Å². The summed E-state index contributed by atoms with van der Waals surface area (Å²) in [7, 11) is 0. The molecule has 1 fully saturated rings. The average Bonchev–Trinajstić information content (AvgIpc) is 3.15. The van der Waals surface area contributed by atoms with Crippen LogP contribution >= 0.6 is 11.8 Å². The first-order valence-corrected chi connectivity index (χ1v) is 9.55. The Balaban J connectivity index is 1.65. The molecule has 0 aromatic carbocycles. The van der Waals surface area contributed by atoms with Crippen LogP contribution in [-0.2, 0) is 9.59 Å². The monoisotopic (exact) mass is 359 g/mol. The molecule has 25 heavy (non-hydrogen) atoms. The highest BCUT2D eigenvalue weighted by Gasteiger charge is 2.31. The van der Waals surface area contributed by atoms with Crippen LogP contribution in [0.15, 0.2) is 33.4 Å². The molecule has 1 aromatic rings. The molecular formula is C18H21N3O3S. The van der Waals surface area contributed by atoms with Gasteiger partial charge in [0.1, 0.15) is 5.76 Å². The number of hydrogen-bond donors (Lipinski definition) is 2. The summed E-state index contributed by atoms with van der Waals surface area (Å²) < 4.78 is 5.37. The molecule has 2 aliphatic rings. The maximum absolute atomic E-state index is 12.2. The van der Waals surface area contributed by atoms with Gasteiger partial charge in [-0.2, -0.15) is 5.26 Å². The maximum Gasteiger partial charge on any atom is 0.230 e. The molecule has 0 saturated heterocycles. The Labute approximate surface area is 151 Å². The predicted octanol–water partition coefficient (Wildman–Crippen LogP) is 2.80. The third kappa shape index (κ3) is 4.45. The number of thioether (sulfide) groups is 1. The lowest BCUT2D eigenvalue weighted by atomic mass is 9.92. The van der Waals surface area contributed by atoms with E-state index in [1.54, 1.807) is 12.1 Å². The van der Waals surface area contributed by atoms with E-state index in [0.29, 0.717) is 16.4 Å². The molecule has 1 atom stereocenters. The van der Waals surface area contributed by atoms with Crippen molar-refractivity contribution < 1.29 is 14.0 Å². The van der Waals surface area contributed by atoms with E-state index in [-0.39, 0.29) is 30.0 Å². The number of hydrogen-bond acceptors (Lipinski definition) is 5. The lowest BCUT2D eigenvalue weighted by molar-refractivity contribution is -0.121. The number of rotatable bonds is 5. The van der Waals surface area contributed by atoms with Gasteiger partial charge >= 0.3 is 0 Å². The summed E-state index contributed by atoms with van der Waals surface area (Å²) in [6.45, 7) is 0.